The Morgan fingerprint density at radius 1 is 1.42 bits per heavy atom. The molecule has 102 valence electrons. The largest absolute Gasteiger partial charge is 0.492 e. The molecule has 19 heavy (non-hydrogen) atoms. The first-order valence-electron chi connectivity index (χ1n) is 5.58. The summed E-state index contributed by atoms with van der Waals surface area (Å²) in [6.07, 6.45) is 0.144. The predicted molar refractivity (Wildman–Crippen MR) is 67.3 cm³/mol. The van der Waals surface area contributed by atoms with Crippen LogP contribution in [0.4, 0.5) is 5.69 Å². The van der Waals surface area contributed by atoms with E-state index in [0.717, 1.165) is 6.07 Å². The number of ketones is 1. The molecule has 1 N–H and O–H groups in total. The van der Waals surface area contributed by atoms with Gasteiger partial charge in [-0.3, -0.25) is 19.7 Å². The number of nitro benzene ring substituents is 1. The van der Waals surface area contributed by atoms with Crippen LogP contribution in [0.3, 0.4) is 0 Å². The fourth-order valence-corrected chi connectivity index (χ4v) is 1.41. The highest BCUT2D eigenvalue weighted by Crippen LogP contribution is 2.24. The lowest BCUT2D eigenvalue weighted by Crippen LogP contribution is -2.20. The van der Waals surface area contributed by atoms with Crippen molar-refractivity contribution >= 4 is 17.4 Å². The third-order valence-corrected chi connectivity index (χ3v) is 2.42. The van der Waals surface area contributed by atoms with E-state index in [1.165, 1.54) is 26.1 Å². The summed E-state index contributed by atoms with van der Waals surface area (Å²) >= 11 is 0. The number of Topliss-reactive ketones (excluding diaryl/α,β-unsaturated/α-hetero) is 1. The molecule has 1 rings (SSSR count). The van der Waals surface area contributed by atoms with Crippen LogP contribution in [0.2, 0.25) is 0 Å². The van der Waals surface area contributed by atoms with Gasteiger partial charge in [0.05, 0.1) is 23.5 Å². The average Bonchev–Trinajstić information content (AvgIpc) is 2.38. The summed E-state index contributed by atoms with van der Waals surface area (Å²) in [5.41, 5.74) is -0.0463. The van der Waals surface area contributed by atoms with Crippen LogP contribution in [0, 0.1) is 10.1 Å². The van der Waals surface area contributed by atoms with E-state index >= 15 is 0 Å². The molecule has 1 aromatic carbocycles. The SMILES string of the molecule is CNC(=O)CCOc1ccc([N+](=O)[O-])cc1C(C)=O. The highest BCUT2D eigenvalue weighted by Gasteiger charge is 2.15. The van der Waals surface area contributed by atoms with Gasteiger partial charge in [0.1, 0.15) is 5.75 Å². The molecule has 0 fully saturated rings. The van der Waals surface area contributed by atoms with E-state index in [1.807, 2.05) is 0 Å². The molecule has 0 saturated carbocycles. The van der Waals surface area contributed by atoms with Gasteiger partial charge in [0.2, 0.25) is 5.91 Å². The second-order valence-corrected chi connectivity index (χ2v) is 3.77. The first-order chi connectivity index (χ1) is 8.95. The Morgan fingerprint density at radius 3 is 2.63 bits per heavy atom. The zero-order chi connectivity index (χ0) is 14.4. The number of nitrogens with zero attached hydrogens (tertiary/aromatic N) is 1. The lowest BCUT2D eigenvalue weighted by atomic mass is 10.1. The van der Waals surface area contributed by atoms with E-state index in [2.05, 4.69) is 5.32 Å². The van der Waals surface area contributed by atoms with Gasteiger partial charge in [-0.25, -0.2) is 0 Å². The third-order valence-electron chi connectivity index (χ3n) is 2.42. The lowest BCUT2D eigenvalue weighted by Gasteiger charge is -2.09. The maximum Gasteiger partial charge on any atom is 0.270 e. The number of hydrogen-bond acceptors (Lipinski definition) is 5. The van der Waals surface area contributed by atoms with Gasteiger partial charge in [0.15, 0.2) is 5.78 Å². The summed E-state index contributed by atoms with van der Waals surface area (Å²) in [6, 6.07) is 3.78. The van der Waals surface area contributed by atoms with Gasteiger partial charge in [-0.1, -0.05) is 0 Å². The number of carbonyl (C=O) groups is 2. The van der Waals surface area contributed by atoms with Gasteiger partial charge in [0.25, 0.3) is 5.69 Å². The Hall–Kier alpha value is -2.44. The summed E-state index contributed by atoms with van der Waals surface area (Å²) in [5.74, 6) is -0.285. The van der Waals surface area contributed by atoms with Crippen LogP contribution < -0.4 is 10.1 Å². The van der Waals surface area contributed by atoms with E-state index in [4.69, 9.17) is 4.74 Å². The van der Waals surface area contributed by atoms with Crippen LogP contribution in [0.25, 0.3) is 0 Å². The molecule has 0 spiro atoms. The van der Waals surface area contributed by atoms with E-state index in [0.29, 0.717) is 0 Å². The predicted octanol–water partition coefficient (Wildman–Crippen LogP) is 1.31. The molecule has 0 saturated heterocycles. The first kappa shape index (κ1) is 14.6. The van der Waals surface area contributed by atoms with Crippen molar-refractivity contribution in [2.24, 2.45) is 0 Å². The molecule has 0 radical (unpaired) electrons. The van der Waals surface area contributed by atoms with Crippen molar-refractivity contribution in [3.8, 4) is 5.75 Å². The van der Waals surface area contributed by atoms with Crippen LogP contribution >= 0.6 is 0 Å². The number of carbonyl (C=O) groups excluding carboxylic acids is 2. The molecule has 7 heteroatoms. The molecule has 1 amide bonds. The molecule has 0 aliphatic heterocycles. The molecule has 0 aromatic heterocycles. The first-order valence-corrected chi connectivity index (χ1v) is 5.58. The van der Waals surface area contributed by atoms with Crippen molar-refractivity contribution in [2.45, 2.75) is 13.3 Å². The number of benzene rings is 1. The normalized spacial score (nSPS) is 9.79. The van der Waals surface area contributed by atoms with Gasteiger partial charge >= 0.3 is 0 Å². The fourth-order valence-electron chi connectivity index (χ4n) is 1.41. The lowest BCUT2D eigenvalue weighted by molar-refractivity contribution is -0.384. The number of rotatable bonds is 6. The summed E-state index contributed by atoms with van der Waals surface area (Å²) in [5, 5.41) is 13.1. The maximum absolute atomic E-state index is 11.4. The van der Waals surface area contributed by atoms with Crippen molar-refractivity contribution < 1.29 is 19.2 Å². The minimum Gasteiger partial charge on any atom is -0.492 e. The Morgan fingerprint density at radius 2 is 2.11 bits per heavy atom. The molecule has 0 bridgehead atoms. The Bertz CT molecular complexity index is 513. The van der Waals surface area contributed by atoms with Crippen molar-refractivity contribution in [1.29, 1.82) is 0 Å². The average molecular weight is 266 g/mol. The number of nitro groups is 1. The molecule has 0 atom stereocenters. The quantitative estimate of drug-likeness (QED) is 0.475. The smallest absolute Gasteiger partial charge is 0.270 e. The number of amides is 1. The maximum atomic E-state index is 11.4. The van der Waals surface area contributed by atoms with Gasteiger partial charge in [-0.15, -0.1) is 0 Å². The van der Waals surface area contributed by atoms with E-state index in [9.17, 15) is 19.7 Å². The molecule has 0 aliphatic rings. The van der Waals surface area contributed by atoms with Crippen molar-refractivity contribution in [3.63, 3.8) is 0 Å². The van der Waals surface area contributed by atoms with E-state index in [1.54, 1.807) is 0 Å². The Kier molecular flexibility index (Phi) is 4.99. The van der Waals surface area contributed by atoms with Crippen molar-refractivity contribution in [1.82, 2.24) is 5.32 Å². The van der Waals surface area contributed by atoms with Crippen LogP contribution in [0.5, 0.6) is 5.75 Å². The molecule has 7 nitrogen and oxygen atoms in total. The summed E-state index contributed by atoms with van der Waals surface area (Å²) in [6.45, 7) is 1.39. The fraction of sp³-hybridized carbons (Fsp3) is 0.333. The standard InChI is InChI=1S/C12H14N2O5/c1-8(15)10-7-9(14(17)18)3-4-11(10)19-6-5-12(16)13-2/h3-4,7H,5-6H2,1-2H3,(H,13,16). The zero-order valence-corrected chi connectivity index (χ0v) is 10.6. The van der Waals surface area contributed by atoms with Crippen LogP contribution in [0.1, 0.15) is 23.7 Å². The molecular weight excluding hydrogens is 252 g/mol. The Balaban J connectivity index is 2.85. The summed E-state index contributed by atoms with van der Waals surface area (Å²) < 4.78 is 5.30. The molecule has 0 aliphatic carbocycles. The van der Waals surface area contributed by atoms with Crippen LogP contribution in [0.15, 0.2) is 18.2 Å². The zero-order valence-electron chi connectivity index (χ0n) is 10.6. The highest BCUT2D eigenvalue weighted by atomic mass is 16.6. The minimum absolute atomic E-state index is 0.0950. The Labute approximate surface area is 109 Å². The van der Waals surface area contributed by atoms with Gasteiger partial charge in [0, 0.05) is 19.2 Å². The van der Waals surface area contributed by atoms with Gasteiger partial charge in [-0.2, -0.15) is 0 Å². The third kappa shape index (κ3) is 4.06. The number of ether oxygens (including phenoxy) is 1. The molecule has 1 aromatic rings. The monoisotopic (exact) mass is 266 g/mol. The van der Waals surface area contributed by atoms with Crippen LogP contribution in [-0.4, -0.2) is 30.3 Å². The highest BCUT2D eigenvalue weighted by molar-refractivity contribution is 5.97. The number of nitrogens with one attached hydrogen (secondary N) is 1. The second-order valence-electron chi connectivity index (χ2n) is 3.77. The number of non-ortho nitro benzene ring substituents is 1. The molecular formula is C12H14N2O5. The molecule has 0 unspecified atom stereocenters. The van der Waals surface area contributed by atoms with Crippen molar-refractivity contribution in [3.05, 3.63) is 33.9 Å². The summed E-state index contributed by atoms with van der Waals surface area (Å²) in [7, 11) is 1.51. The van der Waals surface area contributed by atoms with Crippen molar-refractivity contribution in [2.75, 3.05) is 13.7 Å². The summed E-state index contributed by atoms with van der Waals surface area (Å²) in [4.78, 5) is 32.5. The van der Waals surface area contributed by atoms with Gasteiger partial charge < -0.3 is 10.1 Å². The van der Waals surface area contributed by atoms with Gasteiger partial charge in [-0.05, 0) is 13.0 Å². The second kappa shape index (κ2) is 6.48. The van der Waals surface area contributed by atoms with E-state index in [-0.39, 0.29) is 41.7 Å². The van der Waals surface area contributed by atoms with Crippen LogP contribution in [-0.2, 0) is 4.79 Å². The minimum atomic E-state index is -0.583. The van der Waals surface area contributed by atoms with E-state index < -0.39 is 4.92 Å². The number of hydrogen-bond donors (Lipinski definition) is 1. The topological polar surface area (TPSA) is 98.5 Å². The molecule has 0 heterocycles.